The number of carbonyl (C=O) groups is 3. The van der Waals surface area contributed by atoms with Crippen LogP contribution in [0, 0.1) is 0 Å². The third kappa shape index (κ3) is 6.12. The van der Waals surface area contributed by atoms with Gasteiger partial charge in [-0.05, 0) is 57.6 Å². The lowest BCUT2D eigenvalue weighted by Crippen LogP contribution is -2.25. The van der Waals surface area contributed by atoms with Crippen LogP contribution in [0.5, 0.6) is 5.75 Å². The summed E-state index contributed by atoms with van der Waals surface area (Å²) in [5.41, 5.74) is 8.32. The summed E-state index contributed by atoms with van der Waals surface area (Å²) in [5.74, 6) is -1.44. The van der Waals surface area contributed by atoms with Gasteiger partial charge in [0.2, 0.25) is 0 Å². The lowest BCUT2D eigenvalue weighted by Gasteiger charge is -2.23. The largest absolute Gasteiger partial charge is 0.494 e. The third-order valence-corrected chi connectivity index (χ3v) is 6.38. The van der Waals surface area contributed by atoms with Gasteiger partial charge < -0.3 is 21.1 Å². The van der Waals surface area contributed by atoms with Gasteiger partial charge >= 0.3 is 0 Å². The van der Waals surface area contributed by atoms with Crippen molar-refractivity contribution in [1.82, 2.24) is 4.98 Å². The highest BCUT2D eigenvalue weighted by molar-refractivity contribution is 6.48. The summed E-state index contributed by atoms with van der Waals surface area (Å²) >= 11 is 0. The van der Waals surface area contributed by atoms with Gasteiger partial charge in [-0.3, -0.25) is 14.4 Å². The Hall–Kier alpha value is -4.72. The fourth-order valence-electron chi connectivity index (χ4n) is 4.31. The van der Waals surface area contributed by atoms with Crippen LogP contribution in [0.15, 0.2) is 66.9 Å². The van der Waals surface area contributed by atoms with E-state index < -0.39 is 17.6 Å². The molecular weight excluding hydrogens is 504 g/mol. The number of ether oxygens (including phenoxy) is 1. The van der Waals surface area contributed by atoms with E-state index in [2.05, 4.69) is 15.6 Å². The van der Waals surface area contributed by atoms with Crippen LogP contribution in [0.3, 0.4) is 0 Å². The number of primary amides is 1. The smallest absolute Gasteiger partial charge is 0.296 e. The highest BCUT2D eigenvalue weighted by Crippen LogP contribution is 2.36. The van der Waals surface area contributed by atoms with E-state index in [1.54, 1.807) is 37.5 Å². The zero-order valence-corrected chi connectivity index (χ0v) is 24.0. The van der Waals surface area contributed by atoms with Crippen molar-refractivity contribution in [2.45, 2.75) is 40.0 Å². The number of fused-ring (bicyclic) bond motifs is 1. The number of carbonyl (C=O) groups excluding carboxylic acids is 3. The number of nitrogens with one attached hydrogen (secondary N) is 2. The zero-order valence-electron chi connectivity index (χ0n) is 24.0. The molecule has 4 rings (SSSR count). The molecule has 0 bridgehead atoms. The third-order valence-electron chi connectivity index (χ3n) is 6.38. The Kier molecular flexibility index (Phi) is 9.27. The number of pyridine rings is 1. The van der Waals surface area contributed by atoms with Gasteiger partial charge in [-0.2, -0.15) is 0 Å². The van der Waals surface area contributed by atoms with Crippen LogP contribution >= 0.6 is 0 Å². The van der Waals surface area contributed by atoms with Gasteiger partial charge in [0, 0.05) is 24.4 Å². The molecule has 0 aliphatic heterocycles. The molecule has 0 saturated heterocycles. The van der Waals surface area contributed by atoms with Crippen molar-refractivity contribution in [2.75, 3.05) is 24.8 Å². The number of Topliss-reactive ketones (excluding diaryl/α,β-unsaturated/α-hetero) is 1. The first-order chi connectivity index (χ1) is 19.0. The molecule has 2 amide bonds. The van der Waals surface area contributed by atoms with Crippen molar-refractivity contribution in [3.05, 3.63) is 83.6 Å². The summed E-state index contributed by atoms with van der Waals surface area (Å²) in [7, 11) is 3.17. The second-order valence-corrected chi connectivity index (χ2v) is 9.89. The van der Waals surface area contributed by atoms with Crippen molar-refractivity contribution in [3.8, 4) is 16.9 Å². The molecule has 0 aliphatic rings. The van der Waals surface area contributed by atoms with Crippen molar-refractivity contribution in [1.29, 1.82) is 0 Å². The standard InChI is InChI=1S/C30H30N4O4.C2H6/c1-30(2,3)18-14-23(28(31)36)27(38-5)24(15-18)34-29(37)26(35)22-12-11-19(20-8-6-7-9-21(20)22)17-10-13-25(32-4)33-16-17;1-2/h6-16H,1-5H3,(H2,31,36)(H,32,33)(H,34,37);1-2H3. The first-order valence-electron chi connectivity index (χ1n) is 13.1. The van der Waals surface area contributed by atoms with Gasteiger partial charge in [-0.15, -0.1) is 0 Å². The van der Waals surface area contributed by atoms with E-state index in [9.17, 15) is 14.4 Å². The minimum absolute atomic E-state index is 0.101. The highest BCUT2D eigenvalue weighted by Gasteiger charge is 2.26. The molecular formula is C32H36N4O4. The number of nitrogens with zero attached hydrogens (tertiary/aromatic N) is 1. The van der Waals surface area contributed by atoms with Crippen molar-refractivity contribution in [2.24, 2.45) is 5.73 Å². The Morgan fingerprint density at radius 1 is 0.900 bits per heavy atom. The predicted molar refractivity (Wildman–Crippen MR) is 161 cm³/mol. The van der Waals surface area contributed by atoms with Gasteiger partial charge in [0.05, 0.1) is 18.4 Å². The molecule has 0 radical (unpaired) electrons. The van der Waals surface area contributed by atoms with Gasteiger partial charge in [-0.25, -0.2) is 4.98 Å². The molecule has 1 aromatic heterocycles. The lowest BCUT2D eigenvalue weighted by atomic mass is 9.85. The SMILES string of the molecule is CC.CNc1ccc(-c2ccc(C(=O)C(=O)Nc3cc(C(C)(C)C)cc(C(N)=O)c3OC)c3ccccc23)cn1. The number of rotatable bonds is 7. The van der Waals surface area contributed by atoms with Crippen LogP contribution in [0.4, 0.5) is 11.5 Å². The first-order valence-corrected chi connectivity index (χ1v) is 13.1. The van der Waals surface area contributed by atoms with Crippen LogP contribution in [0.25, 0.3) is 21.9 Å². The molecule has 208 valence electrons. The summed E-state index contributed by atoms with van der Waals surface area (Å²) in [4.78, 5) is 43.2. The maximum Gasteiger partial charge on any atom is 0.296 e. The van der Waals surface area contributed by atoms with E-state index in [1.807, 2.05) is 71.0 Å². The topological polar surface area (TPSA) is 123 Å². The Bertz CT molecular complexity index is 1550. The molecule has 40 heavy (non-hydrogen) atoms. The summed E-state index contributed by atoms with van der Waals surface area (Å²) in [6, 6.07) is 18.0. The fraction of sp³-hybridized carbons (Fsp3) is 0.250. The Morgan fingerprint density at radius 2 is 1.57 bits per heavy atom. The van der Waals surface area contributed by atoms with Crippen LogP contribution in [0.2, 0.25) is 0 Å². The maximum absolute atomic E-state index is 13.4. The molecule has 0 unspecified atom stereocenters. The summed E-state index contributed by atoms with van der Waals surface area (Å²) in [6.45, 7) is 9.89. The molecule has 1 heterocycles. The first kappa shape index (κ1) is 29.8. The molecule has 3 aromatic carbocycles. The average Bonchev–Trinajstić information content (AvgIpc) is 2.96. The molecule has 0 fully saturated rings. The lowest BCUT2D eigenvalue weighted by molar-refractivity contribution is -0.112. The number of nitrogens with two attached hydrogens (primary N) is 1. The second-order valence-electron chi connectivity index (χ2n) is 9.89. The van der Waals surface area contributed by atoms with Gasteiger partial charge in [0.1, 0.15) is 5.82 Å². The summed E-state index contributed by atoms with van der Waals surface area (Å²) in [6.07, 6.45) is 1.76. The van der Waals surface area contributed by atoms with E-state index in [-0.39, 0.29) is 28.0 Å². The maximum atomic E-state index is 13.4. The monoisotopic (exact) mass is 540 g/mol. The fourth-order valence-corrected chi connectivity index (χ4v) is 4.31. The number of hydrogen-bond acceptors (Lipinski definition) is 6. The van der Waals surface area contributed by atoms with Crippen molar-refractivity contribution < 1.29 is 19.1 Å². The van der Waals surface area contributed by atoms with Crippen LogP contribution in [0.1, 0.15) is 60.9 Å². The zero-order chi connectivity index (χ0) is 29.6. The number of aromatic nitrogens is 1. The van der Waals surface area contributed by atoms with Crippen LogP contribution in [-0.2, 0) is 10.2 Å². The van der Waals surface area contributed by atoms with Gasteiger partial charge in [0.25, 0.3) is 17.6 Å². The number of ketones is 1. The van der Waals surface area contributed by atoms with Crippen LogP contribution < -0.4 is 21.1 Å². The summed E-state index contributed by atoms with van der Waals surface area (Å²) < 4.78 is 5.41. The number of benzene rings is 3. The van der Waals surface area contributed by atoms with Gasteiger partial charge in [-0.1, -0.05) is 65.0 Å². The van der Waals surface area contributed by atoms with Crippen molar-refractivity contribution in [3.63, 3.8) is 0 Å². The number of amides is 2. The quantitative estimate of drug-likeness (QED) is 0.190. The summed E-state index contributed by atoms with van der Waals surface area (Å²) in [5, 5.41) is 7.10. The number of methoxy groups -OCH3 is 1. The average molecular weight is 541 g/mol. The van der Waals surface area contributed by atoms with Crippen molar-refractivity contribution >= 4 is 39.9 Å². The molecule has 4 N–H and O–H groups in total. The molecule has 0 aliphatic carbocycles. The molecule has 8 heteroatoms. The number of anilines is 2. The molecule has 8 nitrogen and oxygen atoms in total. The van der Waals surface area contributed by atoms with Gasteiger partial charge in [0.15, 0.2) is 5.75 Å². The van der Waals surface area contributed by atoms with E-state index in [4.69, 9.17) is 10.5 Å². The normalized spacial score (nSPS) is 10.8. The Morgan fingerprint density at radius 3 is 2.12 bits per heavy atom. The molecule has 0 spiro atoms. The molecule has 4 aromatic rings. The molecule has 0 saturated carbocycles. The second kappa shape index (κ2) is 12.4. The molecule has 0 atom stereocenters. The highest BCUT2D eigenvalue weighted by atomic mass is 16.5. The number of hydrogen-bond donors (Lipinski definition) is 3. The minimum Gasteiger partial charge on any atom is -0.494 e. The van der Waals surface area contributed by atoms with E-state index in [0.29, 0.717) is 5.39 Å². The predicted octanol–water partition coefficient (Wildman–Crippen LogP) is 6.20. The van der Waals surface area contributed by atoms with E-state index in [1.165, 1.54) is 7.11 Å². The van der Waals surface area contributed by atoms with Crippen LogP contribution in [-0.4, -0.2) is 36.7 Å². The minimum atomic E-state index is -0.859. The Labute approximate surface area is 235 Å². The van der Waals surface area contributed by atoms with E-state index >= 15 is 0 Å². The van der Waals surface area contributed by atoms with E-state index in [0.717, 1.165) is 27.9 Å². The Balaban J connectivity index is 0.00000216.